The minimum absolute atomic E-state index is 0.0841. The van der Waals surface area contributed by atoms with Gasteiger partial charge in [0.1, 0.15) is 5.75 Å². The van der Waals surface area contributed by atoms with E-state index in [2.05, 4.69) is 6.07 Å². The van der Waals surface area contributed by atoms with Crippen molar-refractivity contribution in [2.75, 3.05) is 6.61 Å². The summed E-state index contributed by atoms with van der Waals surface area (Å²) < 4.78 is 5.74. The number of rotatable bonds is 2. The lowest BCUT2D eigenvalue weighted by molar-refractivity contribution is 0.0876. The van der Waals surface area contributed by atoms with E-state index in [9.17, 15) is 4.79 Å². The Labute approximate surface area is 114 Å². The predicted molar refractivity (Wildman–Crippen MR) is 74.5 cm³/mol. The fraction of sp³-hybridized carbons (Fsp3) is 0.562. The van der Waals surface area contributed by atoms with E-state index < -0.39 is 0 Å². The third-order valence-corrected chi connectivity index (χ3v) is 4.28. The Kier molecular flexibility index (Phi) is 3.56. The molecule has 2 N–H and O–H groups in total. The molecule has 1 aromatic rings. The molecule has 102 valence electrons. The second-order valence-electron chi connectivity index (χ2n) is 5.73. The van der Waals surface area contributed by atoms with Crippen LogP contribution in [0.25, 0.3) is 0 Å². The SMILES string of the molecule is NC1CCCC(C(=O)c2cccc3c2OCCC3)C1. The standard InChI is InChI=1S/C16H21NO2/c17-13-7-1-5-12(10-13)15(18)14-8-2-4-11-6-3-9-19-16(11)14/h2,4,8,12-13H,1,3,5-7,9-10,17H2. The van der Waals surface area contributed by atoms with Crippen LogP contribution in [-0.2, 0) is 6.42 Å². The Balaban J connectivity index is 1.87. The van der Waals surface area contributed by atoms with Gasteiger partial charge in [0, 0.05) is 12.0 Å². The molecule has 2 unspecified atom stereocenters. The summed E-state index contributed by atoms with van der Waals surface area (Å²) in [5.74, 6) is 1.15. The molecule has 1 saturated carbocycles. The van der Waals surface area contributed by atoms with Gasteiger partial charge in [0.15, 0.2) is 5.78 Å². The zero-order valence-corrected chi connectivity index (χ0v) is 11.2. The molecule has 0 bridgehead atoms. The summed E-state index contributed by atoms with van der Waals surface area (Å²) in [4.78, 5) is 12.7. The third kappa shape index (κ3) is 2.52. The van der Waals surface area contributed by atoms with Crippen molar-refractivity contribution in [2.45, 2.75) is 44.6 Å². The molecule has 0 saturated heterocycles. The molecule has 1 heterocycles. The van der Waals surface area contributed by atoms with Crippen LogP contribution in [0.1, 0.15) is 48.0 Å². The van der Waals surface area contributed by atoms with E-state index in [0.717, 1.165) is 56.4 Å². The minimum atomic E-state index is 0.0841. The number of ether oxygens (including phenoxy) is 1. The molecular formula is C16H21NO2. The van der Waals surface area contributed by atoms with Gasteiger partial charge in [-0.1, -0.05) is 18.6 Å². The lowest BCUT2D eigenvalue weighted by atomic mass is 9.81. The van der Waals surface area contributed by atoms with Crippen LogP contribution in [0.15, 0.2) is 18.2 Å². The quantitative estimate of drug-likeness (QED) is 0.831. The molecule has 3 heteroatoms. The second kappa shape index (κ2) is 5.33. The number of ketones is 1. The fourth-order valence-corrected chi connectivity index (χ4v) is 3.27. The maximum absolute atomic E-state index is 12.7. The molecular weight excluding hydrogens is 238 g/mol. The van der Waals surface area contributed by atoms with Gasteiger partial charge in [0.25, 0.3) is 0 Å². The Morgan fingerprint density at radius 2 is 2.16 bits per heavy atom. The number of carbonyl (C=O) groups is 1. The molecule has 1 aromatic carbocycles. The largest absolute Gasteiger partial charge is 0.493 e. The number of Topliss-reactive ketones (excluding diaryl/α,β-unsaturated/α-hetero) is 1. The van der Waals surface area contributed by atoms with E-state index >= 15 is 0 Å². The van der Waals surface area contributed by atoms with Gasteiger partial charge in [-0.15, -0.1) is 0 Å². The van der Waals surface area contributed by atoms with Crippen molar-refractivity contribution < 1.29 is 9.53 Å². The van der Waals surface area contributed by atoms with Crippen molar-refractivity contribution in [1.82, 2.24) is 0 Å². The first kappa shape index (κ1) is 12.7. The van der Waals surface area contributed by atoms with E-state index in [4.69, 9.17) is 10.5 Å². The van der Waals surface area contributed by atoms with Crippen LogP contribution in [-0.4, -0.2) is 18.4 Å². The summed E-state index contributed by atoms with van der Waals surface area (Å²) in [6.07, 6.45) is 5.96. The highest BCUT2D eigenvalue weighted by Gasteiger charge is 2.29. The summed E-state index contributed by atoms with van der Waals surface area (Å²) in [6, 6.07) is 6.14. The molecule has 1 aliphatic carbocycles. The summed E-state index contributed by atoms with van der Waals surface area (Å²) in [5.41, 5.74) is 7.95. The van der Waals surface area contributed by atoms with Gasteiger partial charge >= 0.3 is 0 Å². The first-order valence-electron chi connectivity index (χ1n) is 7.30. The topological polar surface area (TPSA) is 52.3 Å². The smallest absolute Gasteiger partial charge is 0.169 e. The van der Waals surface area contributed by atoms with E-state index in [0.29, 0.717) is 0 Å². The van der Waals surface area contributed by atoms with E-state index in [1.165, 1.54) is 5.56 Å². The van der Waals surface area contributed by atoms with Gasteiger partial charge in [0.05, 0.1) is 12.2 Å². The van der Waals surface area contributed by atoms with Gasteiger partial charge in [0.2, 0.25) is 0 Å². The number of benzene rings is 1. The molecule has 2 aliphatic rings. The number of fused-ring (bicyclic) bond motifs is 1. The molecule has 2 atom stereocenters. The molecule has 0 aromatic heterocycles. The average molecular weight is 259 g/mol. The van der Waals surface area contributed by atoms with Crippen molar-refractivity contribution in [1.29, 1.82) is 0 Å². The first-order valence-corrected chi connectivity index (χ1v) is 7.30. The molecule has 0 radical (unpaired) electrons. The van der Waals surface area contributed by atoms with Crippen LogP contribution < -0.4 is 10.5 Å². The second-order valence-corrected chi connectivity index (χ2v) is 5.73. The van der Waals surface area contributed by atoms with Gasteiger partial charge in [-0.3, -0.25) is 4.79 Å². The molecule has 0 spiro atoms. The summed E-state index contributed by atoms with van der Waals surface area (Å²) >= 11 is 0. The zero-order valence-electron chi connectivity index (χ0n) is 11.2. The van der Waals surface area contributed by atoms with Gasteiger partial charge in [-0.2, -0.15) is 0 Å². The first-order chi connectivity index (χ1) is 9.25. The highest BCUT2D eigenvalue weighted by molar-refractivity contribution is 6.00. The Bertz CT molecular complexity index is 484. The number of aryl methyl sites for hydroxylation is 1. The highest BCUT2D eigenvalue weighted by atomic mass is 16.5. The van der Waals surface area contributed by atoms with Gasteiger partial charge < -0.3 is 10.5 Å². The lowest BCUT2D eigenvalue weighted by Crippen LogP contribution is -2.32. The monoisotopic (exact) mass is 259 g/mol. The van der Waals surface area contributed by atoms with Gasteiger partial charge in [-0.25, -0.2) is 0 Å². The van der Waals surface area contributed by atoms with Crippen molar-refractivity contribution >= 4 is 5.78 Å². The van der Waals surface area contributed by atoms with E-state index in [1.54, 1.807) is 0 Å². The predicted octanol–water partition coefficient (Wildman–Crippen LogP) is 2.71. The van der Waals surface area contributed by atoms with Crippen molar-refractivity contribution in [3.63, 3.8) is 0 Å². The van der Waals surface area contributed by atoms with Gasteiger partial charge in [-0.05, 0) is 43.7 Å². The van der Waals surface area contributed by atoms with Crippen LogP contribution >= 0.6 is 0 Å². The molecule has 3 rings (SSSR count). The molecule has 1 fully saturated rings. The van der Waals surface area contributed by atoms with Crippen LogP contribution in [0.5, 0.6) is 5.75 Å². The number of para-hydroxylation sites is 1. The van der Waals surface area contributed by atoms with Crippen molar-refractivity contribution in [3.05, 3.63) is 29.3 Å². The van der Waals surface area contributed by atoms with E-state index in [-0.39, 0.29) is 17.7 Å². The zero-order chi connectivity index (χ0) is 13.2. The third-order valence-electron chi connectivity index (χ3n) is 4.28. The van der Waals surface area contributed by atoms with Crippen LogP contribution in [0.3, 0.4) is 0 Å². The molecule has 19 heavy (non-hydrogen) atoms. The highest BCUT2D eigenvalue weighted by Crippen LogP contribution is 2.33. The van der Waals surface area contributed by atoms with Crippen LogP contribution in [0.2, 0.25) is 0 Å². The Morgan fingerprint density at radius 1 is 1.26 bits per heavy atom. The number of nitrogens with two attached hydrogens (primary N) is 1. The Morgan fingerprint density at radius 3 is 3.00 bits per heavy atom. The minimum Gasteiger partial charge on any atom is -0.493 e. The summed E-state index contributed by atoms with van der Waals surface area (Å²) in [6.45, 7) is 0.724. The number of hydrogen-bond acceptors (Lipinski definition) is 3. The van der Waals surface area contributed by atoms with Crippen LogP contribution in [0.4, 0.5) is 0 Å². The lowest BCUT2D eigenvalue weighted by Gasteiger charge is -2.27. The Hall–Kier alpha value is -1.35. The van der Waals surface area contributed by atoms with Crippen LogP contribution in [0, 0.1) is 5.92 Å². The number of carbonyl (C=O) groups excluding carboxylic acids is 1. The summed E-state index contributed by atoms with van der Waals surface area (Å²) in [5, 5.41) is 0. The summed E-state index contributed by atoms with van der Waals surface area (Å²) in [7, 11) is 0. The van der Waals surface area contributed by atoms with Crippen molar-refractivity contribution in [3.8, 4) is 5.75 Å². The molecule has 3 nitrogen and oxygen atoms in total. The maximum Gasteiger partial charge on any atom is 0.169 e. The fourth-order valence-electron chi connectivity index (χ4n) is 3.27. The van der Waals surface area contributed by atoms with E-state index in [1.807, 2.05) is 12.1 Å². The molecule has 1 aliphatic heterocycles. The maximum atomic E-state index is 12.7. The molecule has 0 amide bonds. The number of hydrogen-bond donors (Lipinski definition) is 1. The average Bonchev–Trinajstić information content (AvgIpc) is 2.46. The van der Waals surface area contributed by atoms with Crippen molar-refractivity contribution in [2.24, 2.45) is 11.7 Å². The normalized spacial score (nSPS) is 26.4.